The third-order valence-electron chi connectivity index (χ3n) is 2.52. The minimum absolute atomic E-state index is 0.194. The van der Waals surface area contributed by atoms with Gasteiger partial charge in [0, 0.05) is 29.9 Å². The van der Waals surface area contributed by atoms with E-state index in [-0.39, 0.29) is 11.5 Å². The molecule has 1 heterocycles. The van der Waals surface area contributed by atoms with E-state index in [2.05, 4.69) is 10.3 Å². The number of thiocarbonyl (C=S) groups is 1. The van der Waals surface area contributed by atoms with E-state index in [1.165, 1.54) is 12.1 Å². The quantitative estimate of drug-likeness (QED) is 0.845. The highest BCUT2D eigenvalue weighted by molar-refractivity contribution is 7.80. The van der Waals surface area contributed by atoms with Crippen LogP contribution >= 0.6 is 12.2 Å². The molecule has 19 heavy (non-hydrogen) atoms. The van der Waals surface area contributed by atoms with Crippen molar-refractivity contribution in [2.45, 2.75) is 6.54 Å². The second-order valence-electron chi connectivity index (χ2n) is 3.88. The molecule has 1 aromatic carbocycles. The summed E-state index contributed by atoms with van der Waals surface area (Å²) in [6.07, 6.45) is 1.55. The van der Waals surface area contributed by atoms with Gasteiger partial charge in [-0.2, -0.15) is 0 Å². The maximum atomic E-state index is 13.4. The van der Waals surface area contributed by atoms with Crippen LogP contribution in [0.3, 0.4) is 0 Å². The third kappa shape index (κ3) is 3.45. The molecule has 1 aromatic heterocycles. The Hall–Kier alpha value is -2.08. The number of nitrogens with zero attached hydrogens (tertiary/aromatic N) is 1. The van der Waals surface area contributed by atoms with Gasteiger partial charge in [-0.3, -0.25) is 0 Å². The van der Waals surface area contributed by atoms with E-state index >= 15 is 0 Å². The van der Waals surface area contributed by atoms with E-state index < -0.39 is 11.6 Å². The minimum atomic E-state index is -0.602. The van der Waals surface area contributed by atoms with Crippen molar-refractivity contribution < 1.29 is 8.78 Å². The van der Waals surface area contributed by atoms with Crippen molar-refractivity contribution in [3.8, 4) is 0 Å². The Morgan fingerprint density at radius 1 is 1.26 bits per heavy atom. The number of nitrogens with one attached hydrogen (secondary N) is 1. The lowest BCUT2D eigenvalue weighted by Crippen LogP contribution is -2.10. The summed E-state index contributed by atoms with van der Waals surface area (Å²) in [5, 5.41) is 2.93. The van der Waals surface area contributed by atoms with Crippen LogP contribution in [-0.4, -0.2) is 9.97 Å². The molecule has 0 aliphatic carbocycles. The molecule has 98 valence electrons. The van der Waals surface area contributed by atoms with Crippen molar-refractivity contribution >= 4 is 23.0 Å². The van der Waals surface area contributed by atoms with Gasteiger partial charge >= 0.3 is 0 Å². The summed E-state index contributed by atoms with van der Waals surface area (Å²) in [6, 6.07) is 6.79. The number of aromatic nitrogens is 1. The fraction of sp³-hybridized carbons (Fsp3) is 0.0769. The van der Waals surface area contributed by atoms with Crippen molar-refractivity contribution in [2.24, 2.45) is 5.73 Å². The molecule has 3 nitrogen and oxygen atoms in total. The fourth-order valence-electron chi connectivity index (χ4n) is 1.53. The molecule has 0 saturated carbocycles. The van der Waals surface area contributed by atoms with E-state index in [4.69, 9.17) is 18.0 Å². The second-order valence-corrected chi connectivity index (χ2v) is 4.32. The van der Waals surface area contributed by atoms with Gasteiger partial charge in [-0.1, -0.05) is 18.3 Å². The van der Waals surface area contributed by atoms with Crippen LogP contribution in [0.5, 0.6) is 0 Å². The SMILES string of the molecule is NC(=S)c1ccnc(NCc2ccc(F)cc2F)c1. The van der Waals surface area contributed by atoms with Crippen LogP contribution in [0.1, 0.15) is 11.1 Å². The summed E-state index contributed by atoms with van der Waals surface area (Å²) in [5.41, 5.74) is 6.53. The van der Waals surface area contributed by atoms with Crippen molar-refractivity contribution in [1.29, 1.82) is 0 Å². The molecule has 0 fully saturated rings. The van der Waals surface area contributed by atoms with E-state index in [0.29, 0.717) is 16.9 Å². The lowest BCUT2D eigenvalue weighted by atomic mass is 10.2. The van der Waals surface area contributed by atoms with Gasteiger partial charge in [0.25, 0.3) is 0 Å². The average Bonchev–Trinajstić information content (AvgIpc) is 2.38. The van der Waals surface area contributed by atoms with Crippen LogP contribution in [0.4, 0.5) is 14.6 Å². The van der Waals surface area contributed by atoms with Crippen LogP contribution in [0.25, 0.3) is 0 Å². The van der Waals surface area contributed by atoms with Gasteiger partial charge in [-0.15, -0.1) is 0 Å². The Morgan fingerprint density at radius 3 is 2.74 bits per heavy atom. The topological polar surface area (TPSA) is 50.9 Å². The van der Waals surface area contributed by atoms with E-state index in [1.54, 1.807) is 18.3 Å². The Bertz CT molecular complexity index is 617. The Balaban J connectivity index is 2.10. The smallest absolute Gasteiger partial charge is 0.131 e. The van der Waals surface area contributed by atoms with Gasteiger partial charge in [0.05, 0.1) is 0 Å². The van der Waals surface area contributed by atoms with Gasteiger partial charge < -0.3 is 11.1 Å². The molecule has 0 amide bonds. The largest absolute Gasteiger partial charge is 0.389 e. The third-order valence-corrected chi connectivity index (χ3v) is 2.76. The van der Waals surface area contributed by atoms with Crippen LogP contribution in [-0.2, 0) is 6.54 Å². The van der Waals surface area contributed by atoms with Crippen LogP contribution in [0.15, 0.2) is 36.5 Å². The molecule has 3 N–H and O–H groups in total. The summed E-state index contributed by atoms with van der Waals surface area (Å²) in [5.74, 6) is -0.679. The molecule has 0 aliphatic rings. The molecule has 0 saturated heterocycles. The first-order chi connectivity index (χ1) is 9.06. The Labute approximate surface area is 114 Å². The maximum absolute atomic E-state index is 13.4. The standard InChI is InChI=1S/C13H11F2N3S/c14-10-2-1-9(11(15)6-10)7-18-12-5-8(13(16)19)3-4-17-12/h1-6H,7H2,(H2,16,19)(H,17,18). The van der Waals surface area contributed by atoms with Crippen LogP contribution < -0.4 is 11.1 Å². The molecule has 2 aromatic rings. The molecule has 6 heteroatoms. The van der Waals surface area contributed by atoms with Crippen LogP contribution in [0, 0.1) is 11.6 Å². The highest BCUT2D eigenvalue weighted by Gasteiger charge is 2.04. The number of nitrogens with two attached hydrogens (primary N) is 1. The summed E-state index contributed by atoms with van der Waals surface area (Å²) in [4.78, 5) is 4.32. The highest BCUT2D eigenvalue weighted by Crippen LogP contribution is 2.12. The summed E-state index contributed by atoms with van der Waals surface area (Å²) in [7, 11) is 0. The molecule has 2 rings (SSSR count). The molecular weight excluding hydrogens is 268 g/mol. The molecule has 0 atom stereocenters. The predicted molar refractivity (Wildman–Crippen MR) is 73.8 cm³/mol. The fourth-order valence-corrected chi connectivity index (χ4v) is 1.66. The van der Waals surface area contributed by atoms with Gasteiger partial charge in [0.2, 0.25) is 0 Å². The monoisotopic (exact) mass is 279 g/mol. The number of benzene rings is 1. The summed E-state index contributed by atoms with van der Waals surface area (Å²) < 4.78 is 26.2. The van der Waals surface area contributed by atoms with Crippen LogP contribution in [0.2, 0.25) is 0 Å². The first kappa shape index (κ1) is 13.4. The van der Waals surface area contributed by atoms with Crippen molar-refractivity contribution in [1.82, 2.24) is 4.98 Å². The normalized spacial score (nSPS) is 10.2. The molecule has 0 spiro atoms. The van der Waals surface area contributed by atoms with Gasteiger partial charge in [0.1, 0.15) is 22.4 Å². The average molecular weight is 279 g/mol. The maximum Gasteiger partial charge on any atom is 0.131 e. The van der Waals surface area contributed by atoms with E-state index in [0.717, 1.165) is 6.07 Å². The number of halogens is 2. The number of hydrogen-bond donors (Lipinski definition) is 2. The molecular formula is C13H11F2N3S. The van der Waals surface area contributed by atoms with Gasteiger partial charge in [0.15, 0.2) is 0 Å². The van der Waals surface area contributed by atoms with E-state index in [9.17, 15) is 8.78 Å². The lowest BCUT2D eigenvalue weighted by molar-refractivity contribution is 0.574. The van der Waals surface area contributed by atoms with Gasteiger partial charge in [-0.25, -0.2) is 13.8 Å². The summed E-state index contributed by atoms with van der Waals surface area (Å²) >= 11 is 4.85. The van der Waals surface area contributed by atoms with Gasteiger partial charge in [-0.05, 0) is 18.2 Å². The zero-order valence-electron chi connectivity index (χ0n) is 9.86. The van der Waals surface area contributed by atoms with Crippen molar-refractivity contribution in [3.05, 3.63) is 59.3 Å². The molecule has 0 unspecified atom stereocenters. The Kier molecular flexibility index (Phi) is 4.01. The first-order valence-electron chi connectivity index (χ1n) is 5.50. The minimum Gasteiger partial charge on any atom is -0.389 e. The zero-order valence-corrected chi connectivity index (χ0v) is 10.7. The molecule has 0 aliphatic heterocycles. The predicted octanol–water partition coefficient (Wildman–Crippen LogP) is 2.61. The second kappa shape index (κ2) is 5.71. The zero-order chi connectivity index (χ0) is 13.8. The molecule has 0 bridgehead atoms. The highest BCUT2D eigenvalue weighted by atomic mass is 32.1. The molecule has 0 radical (unpaired) electrons. The number of anilines is 1. The number of hydrogen-bond acceptors (Lipinski definition) is 3. The number of pyridine rings is 1. The van der Waals surface area contributed by atoms with E-state index in [1.807, 2.05) is 0 Å². The summed E-state index contributed by atoms with van der Waals surface area (Å²) in [6.45, 7) is 0.194. The van der Waals surface area contributed by atoms with Crippen molar-refractivity contribution in [3.63, 3.8) is 0 Å². The van der Waals surface area contributed by atoms with Crippen molar-refractivity contribution in [2.75, 3.05) is 5.32 Å². The Morgan fingerprint density at radius 2 is 2.05 bits per heavy atom. The lowest BCUT2D eigenvalue weighted by Gasteiger charge is -2.08. The number of rotatable bonds is 4. The first-order valence-corrected chi connectivity index (χ1v) is 5.91.